The van der Waals surface area contributed by atoms with Crippen molar-refractivity contribution in [3.8, 4) is 5.88 Å². The highest BCUT2D eigenvalue weighted by molar-refractivity contribution is 5.23. The molecule has 1 heterocycles. The van der Waals surface area contributed by atoms with E-state index in [0.29, 0.717) is 30.7 Å². The van der Waals surface area contributed by atoms with Crippen molar-refractivity contribution in [2.45, 2.75) is 58.5 Å². The fraction of sp³-hybridized carbons (Fsp3) is 0.688. The molecule has 3 nitrogen and oxygen atoms in total. The Labute approximate surface area is 120 Å². The summed E-state index contributed by atoms with van der Waals surface area (Å²) < 4.78 is 19.9. The second-order valence-electron chi connectivity index (χ2n) is 5.94. The third-order valence-electron chi connectivity index (χ3n) is 3.82. The number of rotatable bonds is 6. The number of aromatic nitrogens is 1. The lowest BCUT2D eigenvalue weighted by Gasteiger charge is -2.21. The predicted octanol–water partition coefficient (Wildman–Crippen LogP) is 3.68. The van der Waals surface area contributed by atoms with Crippen LogP contribution in [-0.4, -0.2) is 17.6 Å². The van der Waals surface area contributed by atoms with Crippen LogP contribution in [0.4, 0.5) is 4.39 Å². The molecule has 0 saturated heterocycles. The van der Waals surface area contributed by atoms with Gasteiger partial charge in [0.05, 0.1) is 6.61 Å². The van der Waals surface area contributed by atoms with E-state index in [2.05, 4.69) is 10.3 Å². The Morgan fingerprint density at radius 3 is 2.80 bits per heavy atom. The van der Waals surface area contributed by atoms with Crippen molar-refractivity contribution in [2.75, 3.05) is 6.61 Å². The first-order valence-electron chi connectivity index (χ1n) is 7.66. The third-order valence-corrected chi connectivity index (χ3v) is 3.82. The molecule has 1 aromatic heterocycles. The van der Waals surface area contributed by atoms with Crippen molar-refractivity contribution in [2.24, 2.45) is 5.92 Å². The molecule has 4 heteroatoms. The van der Waals surface area contributed by atoms with Crippen molar-refractivity contribution in [3.63, 3.8) is 0 Å². The van der Waals surface area contributed by atoms with Gasteiger partial charge in [-0.1, -0.05) is 33.1 Å². The van der Waals surface area contributed by atoms with Crippen molar-refractivity contribution < 1.29 is 9.13 Å². The first-order chi connectivity index (χ1) is 9.66. The molecule has 1 aliphatic carbocycles. The summed E-state index contributed by atoms with van der Waals surface area (Å²) in [6.45, 7) is 5.18. The number of halogens is 1. The molecular formula is C16H25FN2O. The summed E-state index contributed by atoms with van der Waals surface area (Å²) in [4.78, 5) is 4.03. The van der Waals surface area contributed by atoms with Crippen molar-refractivity contribution >= 4 is 0 Å². The van der Waals surface area contributed by atoms with Gasteiger partial charge in [-0.3, -0.25) is 0 Å². The Kier molecular flexibility index (Phi) is 5.77. The highest BCUT2D eigenvalue weighted by Crippen LogP contribution is 2.25. The summed E-state index contributed by atoms with van der Waals surface area (Å²) in [6, 6.07) is 2.03. The lowest BCUT2D eigenvalue weighted by Crippen LogP contribution is -2.23. The maximum Gasteiger partial charge on any atom is 0.250 e. The molecule has 0 aliphatic heterocycles. The monoisotopic (exact) mass is 280 g/mol. The van der Waals surface area contributed by atoms with Gasteiger partial charge in [-0.05, 0) is 24.8 Å². The molecule has 2 rings (SSSR count). The van der Waals surface area contributed by atoms with Gasteiger partial charge < -0.3 is 10.1 Å². The number of hydrogen-bond acceptors (Lipinski definition) is 3. The van der Waals surface area contributed by atoms with Gasteiger partial charge in [0.1, 0.15) is 0 Å². The topological polar surface area (TPSA) is 34.2 Å². The molecule has 0 amide bonds. The Balaban J connectivity index is 1.91. The molecule has 0 bridgehead atoms. The van der Waals surface area contributed by atoms with E-state index in [9.17, 15) is 4.39 Å². The molecule has 0 spiro atoms. The quantitative estimate of drug-likeness (QED) is 0.863. The molecular weight excluding hydrogens is 255 g/mol. The van der Waals surface area contributed by atoms with Gasteiger partial charge in [-0.25, -0.2) is 9.37 Å². The second-order valence-corrected chi connectivity index (χ2v) is 5.94. The summed E-state index contributed by atoms with van der Waals surface area (Å²) in [5.74, 6) is 0.387. The van der Waals surface area contributed by atoms with Gasteiger partial charge in [0.25, 0.3) is 5.88 Å². The zero-order chi connectivity index (χ0) is 14.4. The third kappa shape index (κ3) is 4.44. The smallest absolute Gasteiger partial charge is 0.250 e. The summed E-state index contributed by atoms with van der Waals surface area (Å²) in [5.41, 5.74) is 0.618. The maximum absolute atomic E-state index is 14.2. The van der Waals surface area contributed by atoms with E-state index >= 15 is 0 Å². The van der Waals surface area contributed by atoms with Crippen LogP contribution in [0.1, 0.15) is 51.5 Å². The molecule has 0 atom stereocenters. The van der Waals surface area contributed by atoms with Crippen molar-refractivity contribution in [3.05, 3.63) is 23.6 Å². The molecule has 1 aromatic rings. The van der Waals surface area contributed by atoms with Gasteiger partial charge in [0.15, 0.2) is 5.82 Å². The van der Waals surface area contributed by atoms with Crippen LogP contribution in [0.5, 0.6) is 5.88 Å². The van der Waals surface area contributed by atoms with Crippen LogP contribution in [0.2, 0.25) is 0 Å². The summed E-state index contributed by atoms with van der Waals surface area (Å²) in [6.07, 6.45) is 7.85. The first kappa shape index (κ1) is 15.2. The molecule has 1 saturated carbocycles. The largest absolute Gasteiger partial charge is 0.475 e. The van der Waals surface area contributed by atoms with Gasteiger partial charge in [-0.2, -0.15) is 0 Å². The first-order valence-corrected chi connectivity index (χ1v) is 7.66. The normalized spacial score (nSPS) is 16.6. The molecule has 20 heavy (non-hydrogen) atoms. The second kappa shape index (κ2) is 7.58. The zero-order valence-electron chi connectivity index (χ0n) is 12.5. The molecule has 0 radical (unpaired) electrons. The number of nitrogens with one attached hydrogen (secondary N) is 1. The maximum atomic E-state index is 14.2. The fourth-order valence-corrected chi connectivity index (χ4v) is 2.56. The molecule has 1 fully saturated rings. The SMILES string of the molecule is CC(C)NCc1ccnc(OCC2CCCCC2)c1F. The minimum atomic E-state index is -0.323. The van der Waals surface area contributed by atoms with Crippen molar-refractivity contribution in [1.82, 2.24) is 10.3 Å². The number of ether oxygens (including phenoxy) is 1. The van der Waals surface area contributed by atoms with E-state index < -0.39 is 0 Å². The van der Waals surface area contributed by atoms with Crippen LogP contribution in [0, 0.1) is 11.7 Å². The number of pyridine rings is 1. The van der Waals surface area contributed by atoms with E-state index in [1.807, 2.05) is 13.8 Å². The summed E-state index contributed by atoms with van der Waals surface area (Å²) >= 11 is 0. The molecule has 0 aromatic carbocycles. The Morgan fingerprint density at radius 2 is 2.10 bits per heavy atom. The minimum Gasteiger partial charge on any atom is -0.475 e. The van der Waals surface area contributed by atoms with E-state index in [1.165, 1.54) is 32.1 Å². The average molecular weight is 280 g/mol. The summed E-state index contributed by atoms with van der Waals surface area (Å²) in [5, 5.41) is 3.21. The highest BCUT2D eigenvalue weighted by atomic mass is 19.1. The Hall–Kier alpha value is -1.16. The number of nitrogens with zero attached hydrogens (tertiary/aromatic N) is 1. The van der Waals surface area contributed by atoms with Crippen molar-refractivity contribution in [1.29, 1.82) is 0 Å². The van der Waals surface area contributed by atoms with Crippen LogP contribution in [0.3, 0.4) is 0 Å². The van der Waals surface area contributed by atoms with Gasteiger partial charge >= 0.3 is 0 Å². The zero-order valence-corrected chi connectivity index (χ0v) is 12.5. The molecule has 1 N–H and O–H groups in total. The summed E-state index contributed by atoms with van der Waals surface area (Å²) in [7, 11) is 0. The fourth-order valence-electron chi connectivity index (χ4n) is 2.56. The van der Waals surface area contributed by atoms with Crippen LogP contribution in [-0.2, 0) is 6.54 Å². The van der Waals surface area contributed by atoms with E-state index in [1.54, 1.807) is 12.3 Å². The predicted molar refractivity (Wildman–Crippen MR) is 78.2 cm³/mol. The van der Waals surface area contributed by atoms with Gasteiger partial charge in [0.2, 0.25) is 0 Å². The lowest BCUT2D eigenvalue weighted by atomic mass is 9.90. The average Bonchev–Trinajstić information content (AvgIpc) is 2.46. The van der Waals surface area contributed by atoms with Crippen LogP contribution in [0.15, 0.2) is 12.3 Å². The van der Waals surface area contributed by atoms with E-state index in [-0.39, 0.29) is 11.7 Å². The van der Waals surface area contributed by atoms with Gasteiger partial charge in [0, 0.05) is 24.3 Å². The van der Waals surface area contributed by atoms with Crippen LogP contribution in [0.25, 0.3) is 0 Å². The molecule has 112 valence electrons. The molecule has 0 unspecified atom stereocenters. The molecule has 1 aliphatic rings. The Bertz CT molecular complexity index is 417. The Morgan fingerprint density at radius 1 is 1.35 bits per heavy atom. The van der Waals surface area contributed by atoms with E-state index in [4.69, 9.17) is 4.74 Å². The standard InChI is InChI=1S/C16H25FN2O/c1-12(2)19-10-14-8-9-18-16(15(14)17)20-11-13-6-4-3-5-7-13/h8-9,12-13,19H,3-7,10-11H2,1-2H3. The minimum absolute atomic E-state index is 0.152. The van der Waals surface area contributed by atoms with E-state index in [0.717, 1.165) is 0 Å². The lowest BCUT2D eigenvalue weighted by molar-refractivity contribution is 0.195. The van der Waals surface area contributed by atoms with Crippen LogP contribution >= 0.6 is 0 Å². The number of hydrogen-bond donors (Lipinski definition) is 1. The van der Waals surface area contributed by atoms with Gasteiger partial charge in [-0.15, -0.1) is 0 Å². The van der Waals surface area contributed by atoms with Crippen LogP contribution < -0.4 is 10.1 Å². The highest BCUT2D eigenvalue weighted by Gasteiger charge is 2.16.